The minimum absolute atomic E-state index is 0.286. The van der Waals surface area contributed by atoms with Gasteiger partial charge in [0.25, 0.3) is 0 Å². The predicted molar refractivity (Wildman–Crippen MR) is 118 cm³/mol. The summed E-state index contributed by atoms with van der Waals surface area (Å²) in [7, 11) is 1.41. The summed E-state index contributed by atoms with van der Waals surface area (Å²) >= 11 is 0. The number of fused-ring (bicyclic) bond motifs is 2. The summed E-state index contributed by atoms with van der Waals surface area (Å²) < 4.78 is 17.0. The quantitative estimate of drug-likeness (QED) is 0.470. The molecule has 0 amide bonds. The van der Waals surface area contributed by atoms with Crippen molar-refractivity contribution in [2.24, 2.45) is 0 Å². The zero-order valence-corrected chi connectivity index (χ0v) is 17.5. The summed E-state index contributed by atoms with van der Waals surface area (Å²) in [6, 6.07) is 24.0. The Kier molecular flexibility index (Phi) is 6.53. The van der Waals surface area contributed by atoms with Crippen LogP contribution in [-0.2, 0) is 16.0 Å². The van der Waals surface area contributed by atoms with E-state index in [9.17, 15) is 4.79 Å². The monoisotopic (exact) mass is 418 g/mol. The molecule has 1 N–H and O–H groups in total. The molecule has 0 aliphatic carbocycles. The molecule has 31 heavy (non-hydrogen) atoms. The maximum absolute atomic E-state index is 11.1. The minimum Gasteiger partial charge on any atom is -0.494 e. The standard InChI is InChI=1S/C26H26O5/c1-29-25(26(27)28)17-18-12-14-19(15-13-18)30-16-6-9-20-21-7-2-4-10-23(21)31-24-11-5-3-8-22(20)24/h2-5,7-8,10-15,20,25H,6,9,16-17H2,1H3,(H,27,28). The Morgan fingerprint density at radius 2 is 1.58 bits per heavy atom. The first kappa shape index (κ1) is 20.9. The van der Waals surface area contributed by atoms with Crippen LogP contribution in [-0.4, -0.2) is 30.9 Å². The fraction of sp³-hybridized carbons (Fsp3) is 0.269. The predicted octanol–water partition coefficient (Wildman–Crippen LogP) is 5.43. The number of carbonyl (C=O) groups is 1. The average molecular weight is 418 g/mol. The molecule has 1 heterocycles. The van der Waals surface area contributed by atoms with Crippen LogP contribution in [0.5, 0.6) is 17.2 Å². The number of aliphatic carboxylic acids is 1. The first-order valence-electron chi connectivity index (χ1n) is 10.5. The second-order valence-electron chi connectivity index (χ2n) is 7.63. The van der Waals surface area contributed by atoms with Gasteiger partial charge in [0.1, 0.15) is 17.2 Å². The van der Waals surface area contributed by atoms with Crippen molar-refractivity contribution in [3.05, 3.63) is 89.5 Å². The van der Waals surface area contributed by atoms with Crippen molar-refractivity contribution < 1.29 is 24.1 Å². The van der Waals surface area contributed by atoms with E-state index in [1.165, 1.54) is 18.2 Å². The molecule has 0 radical (unpaired) electrons. The Morgan fingerprint density at radius 3 is 2.16 bits per heavy atom. The third-order valence-electron chi connectivity index (χ3n) is 5.62. The van der Waals surface area contributed by atoms with Gasteiger partial charge in [-0.2, -0.15) is 0 Å². The number of methoxy groups -OCH3 is 1. The number of ether oxygens (including phenoxy) is 3. The Labute approximate surface area is 182 Å². The molecule has 5 heteroatoms. The van der Waals surface area contributed by atoms with Gasteiger partial charge in [-0.1, -0.05) is 48.5 Å². The lowest BCUT2D eigenvalue weighted by atomic mass is 9.85. The van der Waals surface area contributed by atoms with Crippen LogP contribution in [0.1, 0.15) is 35.4 Å². The van der Waals surface area contributed by atoms with Crippen LogP contribution in [0, 0.1) is 0 Å². The van der Waals surface area contributed by atoms with Gasteiger partial charge >= 0.3 is 5.97 Å². The maximum Gasteiger partial charge on any atom is 0.333 e. The third-order valence-corrected chi connectivity index (χ3v) is 5.62. The molecule has 1 aliphatic rings. The Morgan fingerprint density at radius 1 is 0.968 bits per heavy atom. The zero-order valence-electron chi connectivity index (χ0n) is 17.5. The number of rotatable bonds is 9. The van der Waals surface area contributed by atoms with Crippen LogP contribution in [0.4, 0.5) is 0 Å². The molecule has 0 saturated heterocycles. The molecular weight excluding hydrogens is 392 g/mol. The SMILES string of the molecule is COC(Cc1ccc(OCCCC2c3ccccc3Oc3ccccc32)cc1)C(=O)O. The van der Waals surface area contributed by atoms with Crippen molar-refractivity contribution in [2.75, 3.05) is 13.7 Å². The van der Waals surface area contributed by atoms with E-state index in [0.717, 1.165) is 35.7 Å². The molecule has 0 bridgehead atoms. The molecule has 0 saturated carbocycles. The van der Waals surface area contributed by atoms with E-state index in [0.29, 0.717) is 13.0 Å². The van der Waals surface area contributed by atoms with Gasteiger partial charge in [-0.15, -0.1) is 0 Å². The first-order valence-corrected chi connectivity index (χ1v) is 10.5. The number of para-hydroxylation sites is 2. The van der Waals surface area contributed by atoms with Crippen molar-refractivity contribution in [3.63, 3.8) is 0 Å². The summed E-state index contributed by atoms with van der Waals surface area (Å²) in [6.45, 7) is 0.608. The highest BCUT2D eigenvalue weighted by atomic mass is 16.5. The van der Waals surface area contributed by atoms with Crippen molar-refractivity contribution in [3.8, 4) is 17.2 Å². The summed E-state index contributed by atoms with van der Waals surface area (Å²) in [5.41, 5.74) is 3.34. The molecule has 3 aromatic rings. The van der Waals surface area contributed by atoms with E-state index >= 15 is 0 Å². The van der Waals surface area contributed by atoms with Gasteiger partial charge in [-0.05, 0) is 42.7 Å². The molecule has 3 aromatic carbocycles. The molecule has 0 spiro atoms. The number of hydrogen-bond acceptors (Lipinski definition) is 4. The maximum atomic E-state index is 11.1. The lowest BCUT2D eigenvalue weighted by molar-refractivity contribution is -0.148. The molecule has 1 unspecified atom stereocenters. The second kappa shape index (κ2) is 9.67. The number of hydrogen-bond donors (Lipinski definition) is 1. The lowest BCUT2D eigenvalue weighted by Gasteiger charge is -2.28. The van der Waals surface area contributed by atoms with Crippen LogP contribution >= 0.6 is 0 Å². The fourth-order valence-electron chi connectivity index (χ4n) is 4.00. The molecule has 4 rings (SSSR count). The molecular formula is C26H26O5. The highest BCUT2D eigenvalue weighted by Crippen LogP contribution is 2.45. The topological polar surface area (TPSA) is 65.0 Å². The summed E-state index contributed by atoms with van der Waals surface area (Å²) in [6.07, 6.45) is 1.36. The van der Waals surface area contributed by atoms with E-state index < -0.39 is 12.1 Å². The molecule has 5 nitrogen and oxygen atoms in total. The van der Waals surface area contributed by atoms with Crippen LogP contribution in [0.25, 0.3) is 0 Å². The molecule has 1 atom stereocenters. The smallest absolute Gasteiger partial charge is 0.333 e. The van der Waals surface area contributed by atoms with Gasteiger partial charge < -0.3 is 19.3 Å². The first-order chi connectivity index (χ1) is 15.2. The lowest BCUT2D eigenvalue weighted by Crippen LogP contribution is -2.24. The van der Waals surface area contributed by atoms with Gasteiger partial charge in [0.15, 0.2) is 6.10 Å². The van der Waals surface area contributed by atoms with Crippen LogP contribution in [0.15, 0.2) is 72.8 Å². The molecule has 0 fully saturated rings. The van der Waals surface area contributed by atoms with Gasteiger partial charge in [-0.3, -0.25) is 0 Å². The van der Waals surface area contributed by atoms with Crippen LogP contribution in [0.2, 0.25) is 0 Å². The van der Waals surface area contributed by atoms with Crippen molar-refractivity contribution >= 4 is 5.97 Å². The van der Waals surface area contributed by atoms with Crippen molar-refractivity contribution in [2.45, 2.75) is 31.3 Å². The largest absolute Gasteiger partial charge is 0.494 e. The Bertz CT molecular complexity index is 982. The Hall–Kier alpha value is -3.31. The summed E-state index contributed by atoms with van der Waals surface area (Å²) in [4.78, 5) is 11.1. The third kappa shape index (κ3) is 4.89. The van der Waals surface area contributed by atoms with Crippen molar-refractivity contribution in [1.82, 2.24) is 0 Å². The summed E-state index contributed by atoms with van der Waals surface area (Å²) in [5.74, 6) is 1.96. The second-order valence-corrected chi connectivity index (χ2v) is 7.63. The number of carboxylic acids is 1. The molecule has 0 aromatic heterocycles. The number of benzene rings is 3. The van der Waals surface area contributed by atoms with Gasteiger partial charge in [-0.25, -0.2) is 4.79 Å². The normalized spacial score (nSPS) is 13.6. The van der Waals surface area contributed by atoms with E-state index in [2.05, 4.69) is 24.3 Å². The fourth-order valence-corrected chi connectivity index (χ4v) is 4.00. The number of carboxylic acid groups (broad SMARTS) is 1. The van der Waals surface area contributed by atoms with Crippen LogP contribution < -0.4 is 9.47 Å². The highest BCUT2D eigenvalue weighted by molar-refractivity contribution is 5.72. The zero-order chi connectivity index (χ0) is 21.6. The van der Waals surface area contributed by atoms with E-state index in [4.69, 9.17) is 19.3 Å². The average Bonchev–Trinajstić information content (AvgIpc) is 2.80. The van der Waals surface area contributed by atoms with E-state index in [1.54, 1.807) is 0 Å². The minimum atomic E-state index is -0.959. The van der Waals surface area contributed by atoms with Gasteiger partial charge in [0.05, 0.1) is 6.61 Å². The van der Waals surface area contributed by atoms with E-state index in [1.807, 2.05) is 48.5 Å². The Balaban J connectivity index is 1.34. The summed E-state index contributed by atoms with van der Waals surface area (Å²) in [5, 5.41) is 9.10. The van der Waals surface area contributed by atoms with Gasteiger partial charge in [0.2, 0.25) is 0 Å². The highest BCUT2D eigenvalue weighted by Gasteiger charge is 2.26. The van der Waals surface area contributed by atoms with Gasteiger partial charge in [0, 0.05) is 30.6 Å². The molecule has 160 valence electrons. The van der Waals surface area contributed by atoms with E-state index in [-0.39, 0.29) is 5.92 Å². The molecule has 1 aliphatic heterocycles. The van der Waals surface area contributed by atoms with Crippen molar-refractivity contribution in [1.29, 1.82) is 0 Å². The van der Waals surface area contributed by atoms with Crippen LogP contribution in [0.3, 0.4) is 0 Å².